The van der Waals surface area contributed by atoms with Crippen LogP contribution < -0.4 is 4.74 Å². The number of piperidine rings is 1. The molecule has 0 N–H and O–H groups in total. The third kappa shape index (κ3) is 3.11. The molecule has 5 nitrogen and oxygen atoms in total. The second-order valence-electron chi connectivity index (χ2n) is 5.52. The van der Waals surface area contributed by atoms with Gasteiger partial charge in [0.2, 0.25) is 0 Å². The van der Waals surface area contributed by atoms with E-state index in [4.69, 9.17) is 4.74 Å². The van der Waals surface area contributed by atoms with Crippen molar-refractivity contribution in [3.8, 4) is 11.4 Å². The molecule has 0 unspecified atom stereocenters. The van der Waals surface area contributed by atoms with Gasteiger partial charge in [-0.15, -0.1) is 0 Å². The molecule has 0 saturated carbocycles. The Morgan fingerprint density at radius 2 is 2.22 bits per heavy atom. The lowest BCUT2D eigenvalue weighted by molar-refractivity contribution is -0.144. The van der Waals surface area contributed by atoms with E-state index < -0.39 is 5.91 Å². The summed E-state index contributed by atoms with van der Waals surface area (Å²) in [6, 6.07) is 5.61. The fourth-order valence-electron chi connectivity index (χ4n) is 2.66. The van der Waals surface area contributed by atoms with Crippen LogP contribution in [0, 0.1) is 6.92 Å². The van der Waals surface area contributed by atoms with Gasteiger partial charge in [0.15, 0.2) is 0 Å². The zero-order valence-corrected chi connectivity index (χ0v) is 13.1. The number of halogens is 1. The number of methoxy groups -OCH3 is 1. The molecule has 3 rings (SSSR count). The van der Waals surface area contributed by atoms with E-state index in [1.807, 2.05) is 35.9 Å². The lowest BCUT2D eigenvalue weighted by Crippen LogP contribution is -2.29. The van der Waals surface area contributed by atoms with Crippen LogP contribution in [0.3, 0.4) is 0 Å². The second-order valence-corrected chi connectivity index (χ2v) is 5.52. The Labute approximate surface area is 133 Å². The van der Waals surface area contributed by atoms with Crippen molar-refractivity contribution < 1.29 is 14.0 Å². The first-order valence-corrected chi connectivity index (χ1v) is 7.45. The fraction of sp³-hybridized carbons (Fsp3) is 0.294. The molecule has 0 bridgehead atoms. The normalized spacial score (nSPS) is 16.9. The van der Waals surface area contributed by atoms with Gasteiger partial charge in [-0.25, -0.2) is 4.98 Å². The minimum Gasteiger partial charge on any atom is -0.495 e. The summed E-state index contributed by atoms with van der Waals surface area (Å²) in [4.78, 5) is 16.0. The first-order chi connectivity index (χ1) is 11.1. The van der Waals surface area contributed by atoms with Gasteiger partial charge in [-0.1, -0.05) is 10.5 Å². The zero-order chi connectivity index (χ0) is 16.4. The van der Waals surface area contributed by atoms with Crippen LogP contribution in [0.25, 0.3) is 11.8 Å². The average Bonchev–Trinajstić information content (AvgIpc) is 2.98. The van der Waals surface area contributed by atoms with E-state index in [2.05, 4.69) is 4.98 Å². The maximum absolute atomic E-state index is 13.4. The van der Waals surface area contributed by atoms with Gasteiger partial charge in [-0.05, 0) is 43.5 Å². The third-order valence-corrected chi connectivity index (χ3v) is 3.83. The molecule has 1 saturated heterocycles. The van der Waals surface area contributed by atoms with E-state index in [0.29, 0.717) is 24.2 Å². The molecule has 0 atom stereocenters. The number of amides is 1. The quantitative estimate of drug-likeness (QED) is 0.646. The van der Waals surface area contributed by atoms with Crippen LogP contribution in [0.2, 0.25) is 0 Å². The van der Waals surface area contributed by atoms with Crippen molar-refractivity contribution in [1.82, 2.24) is 14.7 Å². The van der Waals surface area contributed by atoms with Gasteiger partial charge >= 0.3 is 0 Å². The monoisotopic (exact) mass is 315 g/mol. The van der Waals surface area contributed by atoms with Crippen molar-refractivity contribution in [3.63, 3.8) is 0 Å². The lowest BCUT2D eigenvalue weighted by atomic mass is 10.0. The number of ether oxygens (including phenoxy) is 1. The number of hydrogen-bond donors (Lipinski definition) is 0. The summed E-state index contributed by atoms with van der Waals surface area (Å²) in [5.74, 6) is 0.113. The van der Waals surface area contributed by atoms with Crippen molar-refractivity contribution in [1.29, 1.82) is 0 Å². The molecule has 2 heterocycles. The molecular weight excluding hydrogens is 297 g/mol. The number of carbonyl (C=O) groups excluding carboxylic acids is 1. The van der Waals surface area contributed by atoms with Crippen molar-refractivity contribution in [2.45, 2.75) is 19.8 Å². The first kappa shape index (κ1) is 15.3. The van der Waals surface area contributed by atoms with Crippen molar-refractivity contribution in [3.05, 3.63) is 47.6 Å². The number of aromatic nitrogens is 2. The number of nitrogens with zero attached hydrogens (tertiary/aromatic N) is 3. The van der Waals surface area contributed by atoms with E-state index in [0.717, 1.165) is 16.9 Å². The molecule has 2 aromatic rings. The van der Waals surface area contributed by atoms with Crippen LogP contribution in [0.4, 0.5) is 4.48 Å². The summed E-state index contributed by atoms with van der Waals surface area (Å²) in [6.07, 6.45) is 6.57. The number of benzene rings is 1. The number of imidazole rings is 1. The highest BCUT2D eigenvalue weighted by molar-refractivity contribution is 5.97. The van der Waals surface area contributed by atoms with Crippen LogP contribution in [0.1, 0.15) is 24.1 Å². The Morgan fingerprint density at radius 1 is 1.39 bits per heavy atom. The van der Waals surface area contributed by atoms with Gasteiger partial charge in [0, 0.05) is 11.8 Å². The summed E-state index contributed by atoms with van der Waals surface area (Å²) in [5, 5.41) is 0.273. The minimum absolute atomic E-state index is 0.165. The Bertz CT molecular complexity index is 767. The van der Waals surface area contributed by atoms with Crippen LogP contribution in [-0.4, -0.2) is 34.2 Å². The number of carbonyl (C=O) groups is 1. The molecule has 1 fully saturated rings. The Balaban J connectivity index is 1.94. The molecular formula is C17H18FN3O2. The largest absolute Gasteiger partial charge is 0.495 e. The third-order valence-electron chi connectivity index (χ3n) is 3.83. The van der Waals surface area contributed by atoms with E-state index >= 15 is 0 Å². The molecule has 23 heavy (non-hydrogen) atoms. The topological polar surface area (TPSA) is 47.4 Å². The SMILES string of the molecule is COc1cc(/C=C2\CCCN(F)C2=O)ccc1-n1cnc(C)c1. The maximum Gasteiger partial charge on any atom is 0.277 e. The standard InChI is InChI=1S/C17H18FN3O2/c1-12-10-20(11-19-12)15-6-5-13(9-16(15)23-2)8-14-4-3-7-21(18)17(14)22/h5-6,8-11H,3-4,7H2,1-2H3/b14-8+. The second kappa shape index (κ2) is 6.24. The average molecular weight is 315 g/mol. The zero-order valence-electron chi connectivity index (χ0n) is 13.1. The molecule has 120 valence electrons. The number of rotatable bonds is 3. The van der Waals surface area contributed by atoms with Crippen molar-refractivity contribution in [2.75, 3.05) is 13.7 Å². The van der Waals surface area contributed by atoms with Gasteiger partial charge in [-0.2, -0.15) is 5.12 Å². The predicted molar refractivity (Wildman–Crippen MR) is 84.9 cm³/mol. The summed E-state index contributed by atoms with van der Waals surface area (Å²) >= 11 is 0. The molecule has 1 aromatic carbocycles. The van der Waals surface area contributed by atoms with Crippen molar-refractivity contribution >= 4 is 12.0 Å². The van der Waals surface area contributed by atoms with Gasteiger partial charge in [0.25, 0.3) is 5.91 Å². The van der Waals surface area contributed by atoms with E-state index in [-0.39, 0.29) is 11.7 Å². The summed E-state index contributed by atoms with van der Waals surface area (Å²) in [5.41, 5.74) is 3.06. The number of aryl methyl sites for hydroxylation is 1. The minimum atomic E-state index is -0.551. The Hall–Kier alpha value is -2.63. The maximum atomic E-state index is 13.4. The summed E-state index contributed by atoms with van der Waals surface area (Å²) in [7, 11) is 1.59. The van der Waals surface area contributed by atoms with Crippen LogP contribution in [0.5, 0.6) is 5.75 Å². The molecule has 6 heteroatoms. The molecule has 1 aliphatic heterocycles. The summed E-state index contributed by atoms with van der Waals surface area (Å²) < 4.78 is 20.7. The smallest absolute Gasteiger partial charge is 0.277 e. The first-order valence-electron chi connectivity index (χ1n) is 7.45. The van der Waals surface area contributed by atoms with E-state index in [1.165, 1.54) is 0 Å². The highest BCUT2D eigenvalue weighted by Gasteiger charge is 2.23. The fourth-order valence-corrected chi connectivity index (χ4v) is 2.66. The van der Waals surface area contributed by atoms with Crippen LogP contribution in [0.15, 0.2) is 36.3 Å². The van der Waals surface area contributed by atoms with Crippen molar-refractivity contribution in [2.24, 2.45) is 0 Å². The molecule has 1 amide bonds. The molecule has 0 aliphatic carbocycles. The summed E-state index contributed by atoms with van der Waals surface area (Å²) in [6.45, 7) is 2.08. The highest BCUT2D eigenvalue weighted by Crippen LogP contribution is 2.27. The van der Waals surface area contributed by atoms with E-state index in [9.17, 15) is 9.28 Å². The molecule has 0 spiro atoms. The predicted octanol–water partition coefficient (Wildman–Crippen LogP) is 3.08. The molecule has 1 aromatic heterocycles. The van der Waals surface area contributed by atoms with E-state index in [1.54, 1.807) is 19.5 Å². The Kier molecular flexibility index (Phi) is 4.14. The highest BCUT2D eigenvalue weighted by atomic mass is 19.2. The lowest BCUT2D eigenvalue weighted by Gasteiger charge is -2.19. The van der Waals surface area contributed by atoms with Gasteiger partial charge < -0.3 is 9.30 Å². The number of hydrogen-bond acceptors (Lipinski definition) is 3. The van der Waals surface area contributed by atoms with Gasteiger partial charge in [-0.3, -0.25) is 4.79 Å². The van der Waals surface area contributed by atoms with Crippen LogP contribution >= 0.6 is 0 Å². The van der Waals surface area contributed by atoms with Crippen LogP contribution in [-0.2, 0) is 4.79 Å². The van der Waals surface area contributed by atoms with Gasteiger partial charge in [0.05, 0.1) is 31.4 Å². The molecule has 0 radical (unpaired) electrons. The van der Waals surface area contributed by atoms with Gasteiger partial charge in [0.1, 0.15) is 5.75 Å². The molecule has 1 aliphatic rings. The Morgan fingerprint density at radius 3 is 2.91 bits per heavy atom.